The summed E-state index contributed by atoms with van der Waals surface area (Å²) >= 11 is 3.48. The average Bonchev–Trinajstić information content (AvgIpc) is 2.21. The van der Waals surface area contributed by atoms with Crippen LogP contribution in [0.2, 0.25) is 0 Å². The zero-order valence-electron chi connectivity index (χ0n) is 9.92. The summed E-state index contributed by atoms with van der Waals surface area (Å²) in [5.74, 6) is 0.981. The van der Waals surface area contributed by atoms with Gasteiger partial charge in [0.15, 0.2) is 5.96 Å². The summed E-state index contributed by atoms with van der Waals surface area (Å²) in [4.78, 5) is 4.24. The summed E-state index contributed by atoms with van der Waals surface area (Å²) < 4.78 is 1.06. The highest BCUT2D eigenvalue weighted by Crippen LogP contribution is 2.20. The molecule has 3 N–H and O–H groups in total. The van der Waals surface area contributed by atoms with Gasteiger partial charge in [-0.05, 0) is 30.5 Å². The number of aliphatic imine (C=N–C) groups is 1. The van der Waals surface area contributed by atoms with Gasteiger partial charge in [-0.25, -0.2) is 0 Å². The average molecular weight is 284 g/mol. The molecule has 0 unspecified atom stereocenters. The van der Waals surface area contributed by atoms with E-state index < -0.39 is 0 Å². The molecule has 0 amide bonds. The monoisotopic (exact) mass is 283 g/mol. The van der Waals surface area contributed by atoms with E-state index >= 15 is 0 Å². The molecular formula is C12H18BrN3. The molecule has 16 heavy (non-hydrogen) atoms. The lowest BCUT2D eigenvalue weighted by molar-refractivity contribution is 0.665. The van der Waals surface area contributed by atoms with Crippen LogP contribution >= 0.6 is 15.9 Å². The number of nitrogens with zero attached hydrogens (tertiary/aromatic N) is 1. The fraction of sp³-hybridized carbons (Fsp3) is 0.417. The van der Waals surface area contributed by atoms with Crippen LogP contribution < -0.4 is 11.1 Å². The number of hydrogen-bond donors (Lipinski definition) is 2. The van der Waals surface area contributed by atoms with E-state index in [9.17, 15) is 0 Å². The fourth-order valence-electron chi connectivity index (χ4n) is 1.14. The van der Waals surface area contributed by atoms with Crippen molar-refractivity contribution in [2.45, 2.75) is 20.8 Å². The van der Waals surface area contributed by atoms with E-state index in [1.54, 1.807) is 0 Å². The van der Waals surface area contributed by atoms with Gasteiger partial charge < -0.3 is 11.1 Å². The number of halogens is 1. The Kier molecular flexibility index (Phi) is 4.80. The SMILES string of the molecule is Cc1ccc(NC(N)=NCC(C)C)cc1Br. The van der Waals surface area contributed by atoms with Crippen molar-refractivity contribution in [2.75, 3.05) is 11.9 Å². The summed E-state index contributed by atoms with van der Waals surface area (Å²) in [6.07, 6.45) is 0. The molecule has 0 saturated carbocycles. The Morgan fingerprint density at radius 1 is 1.50 bits per heavy atom. The van der Waals surface area contributed by atoms with Crippen molar-refractivity contribution < 1.29 is 0 Å². The molecule has 1 aromatic rings. The summed E-state index contributed by atoms with van der Waals surface area (Å²) in [5.41, 5.74) is 7.91. The second-order valence-corrected chi connectivity index (χ2v) is 5.06. The molecule has 0 aliphatic rings. The quantitative estimate of drug-likeness (QED) is 0.661. The third kappa shape index (κ3) is 4.23. The largest absolute Gasteiger partial charge is 0.370 e. The number of anilines is 1. The van der Waals surface area contributed by atoms with Gasteiger partial charge in [-0.3, -0.25) is 4.99 Å². The molecule has 0 bridgehead atoms. The van der Waals surface area contributed by atoms with E-state index in [1.165, 1.54) is 5.56 Å². The first-order chi connectivity index (χ1) is 7.49. The van der Waals surface area contributed by atoms with Crippen LogP contribution in [0.25, 0.3) is 0 Å². The van der Waals surface area contributed by atoms with Gasteiger partial charge >= 0.3 is 0 Å². The van der Waals surface area contributed by atoms with E-state index in [2.05, 4.69) is 40.1 Å². The number of nitrogens with two attached hydrogens (primary N) is 1. The Balaban J connectivity index is 2.66. The molecule has 0 radical (unpaired) electrons. The molecular weight excluding hydrogens is 266 g/mol. The molecule has 0 spiro atoms. The van der Waals surface area contributed by atoms with Crippen LogP contribution in [-0.2, 0) is 0 Å². The molecule has 0 aliphatic heterocycles. The maximum Gasteiger partial charge on any atom is 0.193 e. The van der Waals surface area contributed by atoms with Gasteiger partial charge in [0.05, 0.1) is 0 Å². The van der Waals surface area contributed by atoms with Crippen LogP contribution in [0.3, 0.4) is 0 Å². The standard InChI is InChI=1S/C12H18BrN3/c1-8(2)7-15-12(14)16-10-5-4-9(3)11(13)6-10/h4-6,8H,7H2,1-3H3,(H3,14,15,16). The highest BCUT2D eigenvalue weighted by molar-refractivity contribution is 9.10. The fourth-order valence-corrected chi connectivity index (χ4v) is 1.52. The zero-order valence-corrected chi connectivity index (χ0v) is 11.5. The van der Waals surface area contributed by atoms with Crippen molar-refractivity contribution in [2.24, 2.45) is 16.6 Å². The lowest BCUT2D eigenvalue weighted by atomic mass is 10.2. The topological polar surface area (TPSA) is 50.4 Å². The summed E-state index contributed by atoms with van der Waals surface area (Å²) in [6, 6.07) is 6.01. The molecule has 0 saturated heterocycles. The first-order valence-corrected chi connectivity index (χ1v) is 6.11. The second-order valence-electron chi connectivity index (χ2n) is 4.21. The van der Waals surface area contributed by atoms with Crippen molar-refractivity contribution >= 4 is 27.6 Å². The van der Waals surface area contributed by atoms with E-state index in [0.717, 1.165) is 16.7 Å². The van der Waals surface area contributed by atoms with Gasteiger partial charge in [0.25, 0.3) is 0 Å². The van der Waals surface area contributed by atoms with Gasteiger partial charge in [0.2, 0.25) is 0 Å². The number of nitrogens with one attached hydrogen (secondary N) is 1. The van der Waals surface area contributed by atoms with Gasteiger partial charge in [0, 0.05) is 16.7 Å². The maximum absolute atomic E-state index is 5.77. The molecule has 0 atom stereocenters. The molecule has 1 aromatic carbocycles. The lowest BCUT2D eigenvalue weighted by Gasteiger charge is -2.08. The minimum Gasteiger partial charge on any atom is -0.370 e. The van der Waals surface area contributed by atoms with E-state index in [-0.39, 0.29) is 0 Å². The Labute approximate surface area is 105 Å². The number of hydrogen-bond acceptors (Lipinski definition) is 1. The minimum absolute atomic E-state index is 0.462. The van der Waals surface area contributed by atoms with Crippen LogP contribution in [0, 0.1) is 12.8 Å². The summed E-state index contributed by atoms with van der Waals surface area (Å²) in [6.45, 7) is 7.01. The molecule has 0 heterocycles. The lowest BCUT2D eigenvalue weighted by Crippen LogP contribution is -2.23. The molecule has 3 nitrogen and oxygen atoms in total. The Morgan fingerprint density at radius 3 is 2.75 bits per heavy atom. The Bertz CT molecular complexity index is 386. The van der Waals surface area contributed by atoms with E-state index in [0.29, 0.717) is 11.9 Å². The first-order valence-electron chi connectivity index (χ1n) is 5.32. The first kappa shape index (κ1) is 13.0. The summed E-state index contributed by atoms with van der Waals surface area (Å²) in [5, 5.41) is 3.06. The third-order valence-electron chi connectivity index (χ3n) is 2.07. The highest BCUT2D eigenvalue weighted by atomic mass is 79.9. The van der Waals surface area contributed by atoms with Gasteiger partial charge in [-0.2, -0.15) is 0 Å². The number of rotatable bonds is 3. The number of guanidine groups is 1. The second kappa shape index (κ2) is 5.89. The summed E-state index contributed by atoms with van der Waals surface area (Å²) in [7, 11) is 0. The molecule has 88 valence electrons. The van der Waals surface area contributed by atoms with Crippen molar-refractivity contribution in [3.63, 3.8) is 0 Å². The number of benzene rings is 1. The van der Waals surface area contributed by atoms with Gasteiger partial charge in [-0.1, -0.05) is 35.8 Å². The predicted molar refractivity (Wildman–Crippen MR) is 73.8 cm³/mol. The number of aryl methyl sites for hydroxylation is 1. The highest BCUT2D eigenvalue weighted by Gasteiger charge is 1.99. The van der Waals surface area contributed by atoms with Crippen LogP contribution in [0.15, 0.2) is 27.7 Å². The maximum atomic E-state index is 5.77. The Morgan fingerprint density at radius 2 is 2.19 bits per heavy atom. The Hall–Kier alpha value is -1.03. The smallest absolute Gasteiger partial charge is 0.193 e. The zero-order chi connectivity index (χ0) is 12.1. The normalized spacial score (nSPS) is 11.9. The molecule has 0 fully saturated rings. The minimum atomic E-state index is 0.462. The van der Waals surface area contributed by atoms with Crippen molar-refractivity contribution in [3.05, 3.63) is 28.2 Å². The van der Waals surface area contributed by atoms with Crippen LogP contribution in [0.5, 0.6) is 0 Å². The van der Waals surface area contributed by atoms with Crippen molar-refractivity contribution in [1.29, 1.82) is 0 Å². The molecule has 1 rings (SSSR count). The van der Waals surface area contributed by atoms with Gasteiger partial charge in [-0.15, -0.1) is 0 Å². The van der Waals surface area contributed by atoms with Crippen LogP contribution in [-0.4, -0.2) is 12.5 Å². The predicted octanol–water partition coefficient (Wildman–Crippen LogP) is 3.14. The van der Waals surface area contributed by atoms with E-state index in [1.807, 2.05) is 25.1 Å². The van der Waals surface area contributed by atoms with E-state index in [4.69, 9.17) is 5.73 Å². The van der Waals surface area contributed by atoms with Crippen LogP contribution in [0.4, 0.5) is 5.69 Å². The van der Waals surface area contributed by atoms with Crippen molar-refractivity contribution in [3.8, 4) is 0 Å². The molecule has 0 aromatic heterocycles. The van der Waals surface area contributed by atoms with Gasteiger partial charge in [0.1, 0.15) is 0 Å². The van der Waals surface area contributed by atoms with Crippen molar-refractivity contribution in [1.82, 2.24) is 0 Å². The van der Waals surface area contributed by atoms with Crippen LogP contribution in [0.1, 0.15) is 19.4 Å². The molecule has 0 aliphatic carbocycles. The third-order valence-corrected chi connectivity index (χ3v) is 2.93. The molecule has 4 heteroatoms.